The van der Waals surface area contributed by atoms with E-state index >= 15 is 0 Å². The van der Waals surface area contributed by atoms with Crippen LogP contribution in [0.25, 0.3) is 145 Å². The van der Waals surface area contributed by atoms with Crippen LogP contribution in [0.3, 0.4) is 0 Å². The van der Waals surface area contributed by atoms with Gasteiger partial charge in [0.1, 0.15) is 0 Å². The summed E-state index contributed by atoms with van der Waals surface area (Å²) in [6.45, 7) is 4.64. The van der Waals surface area contributed by atoms with E-state index in [4.69, 9.17) is 39.4 Å². The van der Waals surface area contributed by atoms with Gasteiger partial charge in [-0.05, 0) is 163 Å². The summed E-state index contributed by atoms with van der Waals surface area (Å²) in [5.74, 6) is 1.25. The van der Waals surface area contributed by atoms with Crippen molar-refractivity contribution in [3.63, 3.8) is 0 Å². The molecule has 0 aliphatic carbocycles. The average Bonchev–Trinajstić information content (AvgIpc) is 1.51. The van der Waals surface area contributed by atoms with Crippen LogP contribution in [-0.4, -0.2) is 55.2 Å². The van der Waals surface area contributed by atoms with Gasteiger partial charge in [0.25, 0.3) is 0 Å². The number of aryl methyl sites for hydroxylation is 7. The molecule has 0 N–H and O–H groups in total. The van der Waals surface area contributed by atoms with Crippen molar-refractivity contribution >= 4 is 92.7 Å². The van der Waals surface area contributed by atoms with E-state index in [1.807, 2.05) is 184 Å². The molecule has 0 fully saturated rings. The van der Waals surface area contributed by atoms with E-state index in [9.17, 15) is 0 Å². The zero-order valence-electron chi connectivity index (χ0n) is 75.9. The molecule has 8 heterocycles. The summed E-state index contributed by atoms with van der Waals surface area (Å²) in [6.07, 6.45) is 5.39. The second-order valence-electron chi connectivity index (χ2n) is 28.2. The van der Waals surface area contributed by atoms with Gasteiger partial charge in [-0.15, -0.1) is 108 Å². The fourth-order valence-corrected chi connectivity index (χ4v) is 15.4. The van der Waals surface area contributed by atoms with E-state index in [0.717, 1.165) is 84.6 Å². The number of furan rings is 2. The molecule has 10 nitrogen and oxygen atoms in total. The Balaban J connectivity index is 0.000000156. The van der Waals surface area contributed by atoms with Crippen molar-refractivity contribution in [2.75, 3.05) is 0 Å². The maximum absolute atomic E-state index is 8.23. The van der Waals surface area contributed by atoms with Gasteiger partial charge in [0.15, 0.2) is 0 Å². The Morgan fingerprint density at radius 1 is 0.376 bits per heavy atom. The summed E-state index contributed by atoms with van der Waals surface area (Å²) >= 11 is 0. The van der Waals surface area contributed by atoms with Crippen molar-refractivity contribution in [1.29, 1.82) is 0 Å². The second-order valence-corrected chi connectivity index (χ2v) is 38.4. The smallest absolute Gasteiger partial charge is 0.216 e. The third-order valence-corrected chi connectivity index (χ3v) is 22.9. The van der Waals surface area contributed by atoms with Crippen LogP contribution in [0, 0.1) is 72.4 Å². The van der Waals surface area contributed by atoms with Gasteiger partial charge in [-0.2, -0.15) is 0 Å². The first kappa shape index (κ1) is 59.1. The maximum atomic E-state index is 8.23. The van der Waals surface area contributed by atoms with Crippen LogP contribution in [0.1, 0.15) is 59.5 Å². The summed E-state index contributed by atoms with van der Waals surface area (Å²) in [6, 6.07) is 87.9. The quantitative estimate of drug-likeness (QED) is 0.0983. The molecule has 544 valence electrons. The van der Waals surface area contributed by atoms with Gasteiger partial charge in [-0.1, -0.05) is 182 Å². The maximum Gasteiger partial charge on any atom is 0.216 e. The predicted molar refractivity (Wildman–Crippen MR) is 448 cm³/mol. The van der Waals surface area contributed by atoms with Gasteiger partial charge in [0.2, 0.25) is 11.4 Å². The Kier molecular flexibility index (Phi) is 17.4. The molecule has 2 radical (unpaired) electrons. The third-order valence-electron chi connectivity index (χ3n) is 18.8. The first-order chi connectivity index (χ1) is 57.8. The number of hydrogen-bond donors (Lipinski definition) is 0. The van der Waals surface area contributed by atoms with Gasteiger partial charge in [-0.25, -0.2) is 9.97 Å². The van der Waals surface area contributed by atoms with E-state index < -0.39 is 50.4 Å². The van der Waals surface area contributed by atoms with Crippen LogP contribution in [0.2, 0.25) is 39.3 Å². The molecule has 0 bridgehead atoms. The van der Waals surface area contributed by atoms with E-state index in [0.29, 0.717) is 50.1 Å². The fraction of sp³-hybridized carbons (Fsp3) is 0.137. The fourth-order valence-electron chi connectivity index (χ4n) is 13.3. The van der Waals surface area contributed by atoms with Gasteiger partial charge < -0.3 is 27.9 Å². The molecule has 0 atom stereocenters. The van der Waals surface area contributed by atoms with E-state index in [2.05, 4.69) is 117 Å². The van der Waals surface area contributed by atoms with Gasteiger partial charge >= 0.3 is 0 Å². The van der Waals surface area contributed by atoms with Crippen molar-refractivity contribution < 1.29 is 69.6 Å². The van der Waals surface area contributed by atoms with Crippen molar-refractivity contribution in [1.82, 2.24) is 39.0 Å². The number of nitrogens with zero attached hydrogens (tertiary/aromatic N) is 8. The summed E-state index contributed by atoms with van der Waals surface area (Å²) in [7, 11) is -2.46. The van der Waals surface area contributed by atoms with Gasteiger partial charge in [0.05, 0.1) is 66.7 Å². The Morgan fingerprint density at radius 2 is 0.872 bits per heavy atom. The van der Waals surface area contributed by atoms with Crippen molar-refractivity contribution in [2.45, 2.75) is 87.4 Å². The molecule has 0 saturated heterocycles. The van der Waals surface area contributed by atoms with Crippen molar-refractivity contribution in [2.24, 2.45) is 0 Å². The van der Waals surface area contributed by atoms with Crippen LogP contribution >= 0.6 is 0 Å². The molecule has 8 aromatic heterocycles. The number of fused-ring (bicyclic) bond motifs is 8. The number of hydrogen-bond acceptors (Lipinski definition) is 8. The molecule has 0 aliphatic rings. The van der Waals surface area contributed by atoms with Crippen molar-refractivity contribution in [3.05, 3.63) is 324 Å². The number of para-hydroxylation sites is 6. The number of aromatic nitrogens is 8. The molecule has 0 unspecified atom stereocenters. The zero-order valence-corrected chi connectivity index (χ0v) is 67.7. The Labute approximate surface area is 687 Å². The Bertz CT molecular complexity index is 6740. The number of pyridine rings is 4. The topological polar surface area (TPSA) is 113 Å². The summed E-state index contributed by atoms with van der Waals surface area (Å²) in [4.78, 5) is 28.2. The molecular weight excluding hydrogens is 1730 g/mol. The third kappa shape index (κ3) is 15.6. The summed E-state index contributed by atoms with van der Waals surface area (Å²) in [5, 5.41) is 5.43. The Hall–Kier alpha value is -10.9. The number of imidazole rings is 2. The van der Waals surface area contributed by atoms with Crippen LogP contribution in [0.15, 0.2) is 270 Å². The second kappa shape index (κ2) is 32.1. The predicted octanol–water partition coefficient (Wildman–Crippen LogP) is 23.3. The zero-order chi connectivity index (χ0) is 86.8. The minimum absolute atomic E-state index is 0. The molecule has 109 heavy (non-hydrogen) atoms. The first-order valence-electron chi connectivity index (χ1n) is 42.6. The minimum atomic E-state index is -2.82. The SMILES string of the molecule is C[Si](C)(C)c1ccc(-c2[c-]cccc2)nc1.C[Si](C)(C)c1ccc(-c2[c-]cccc2)nc1.[2H]C([2H])([2H])c1cc(C([2H])([2H])[2H])c(-c2cnc3oc4c(-c5nc6ccccc6n5-c5c(C)cccc5C)[c-]ccc4c3c2)c(C([2H])([2H])[2H])c1.[2H]C([2H])([2H])c1cccc(C([2H])([2H])[2H])c1-c1ccc2c(n1)oc1c(-c3nc4ccccc4n3-c3ccccc3)[c-]ccc12.[Ir].[Ir]. The van der Waals surface area contributed by atoms with E-state index in [1.165, 1.54) is 34.8 Å². The van der Waals surface area contributed by atoms with Gasteiger partial charge in [-0.3, -0.25) is 9.97 Å². The van der Waals surface area contributed by atoms with Crippen LogP contribution < -0.4 is 10.4 Å². The summed E-state index contributed by atoms with van der Waals surface area (Å²) < 4.78 is 138. The molecule has 18 rings (SSSR count). The molecule has 10 aromatic carbocycles. The van der Waals surface area contributed by atoms with Crippen molar-refractivity contribution in [3.8, 4) is 79.0 Å². The van der Waals surface area contributed by atoms with Crippen LogP contribution in [0.4, 0.5) is 0 Å². The van der Waals surface area contributed by atoms with E-state index in [1.54, 1.807) is 30.3 Å². The van der Waals surface area contributed by atoms with Gasteiger partial charge in [0, 0.05) is 113 Å². The van der Waals surface area contributed by atoms with Crippen LogP contribution in [-0.2, 0) is 40.2 Å². The summed E-state index contributed by atoms with van der Waals surface area (Å²) in [5.41, 5.74) is 13.4. The molecular formula is C95H82Ir2N8O2Si2-4. The minimum Gasteiger partial charge on any atom is -0.486 e. The molecule has 0 spiro atoms. The number of rotatable bonds is 10. The number of benzene rings is 10. The normalized spacial score (nSPS) is 14.0. The van der Waals surface area contributed by atoms with Crippen LogP contribution in [0.5, 0.6) is 0 Å². The molecule has 0 aliphatic heterocycles. The standard InChI is InChI=1S/C35H28N3O.C32H22N3O.2C14H16NSi.2Ir/c1-20-16-23(4)31(24(5)17-20)25-18-28-26-12-9-13-27(33(26)39-35(28)36-19-25)34-37-29-14-6-7-15-30(29)38(34)32-21(2)10-8-11-22(32)3;1-20-10-8-11-21(2)29(20)27-19-18-24-23-14-9-15-25(30(23)36-32(24)34-27)31-33-26-16-6-7-17-28(26)35(31)22-12-4-3-5-13-22;2*1-16(2,3)13-9-10-14(15-11-13)12-7-5-4-6-8-12;;/h6-12,14-19H,1-5H3;3-14,16-19H,1-2H3;2*4-7,9-11H,1-3H3;;/q4*-1;;/i1D3,4D3,5D3;1D3,2D3;;;;. The molecule has 18 aromatic rings. The average molecular weight is 1820 g/mol. The molecule has 14 heteroatoms. The molecule has 0 amide bonds. The largest absolute Gasteiger partial charge is 0.486 e. The van der Waals surface area contributed by atoms with E-state index in [-0.39, 0.29) is 102 Å². The monoisotopic (exact) mass is 1820 g/mol. The molecule has 0 saturated carbocycles. The Morgan fingerprint density at radius 3 is 1.39 bits per heavy atom. The first-order valence-corrected chi connectivity index (χ1v) is 42.1.